The third-order valence-electron chi connectivity index (χ3n) is 2.49. The fraction of sp³-hybridized carbons (Fsp3) is 0.500. The maximum atomic E-state index is 13.0. The minimum atomic E-state index is -0.361. The van der Waals surface area contributed by atoms with Crippen LogP contribution in [0.2, 0.25) is 0 Å². The summed E-state index contributed by atoms with van der Waals surface area (Å²) in [7, 11) is 0. The number of benzene rings is 1. The van der Waals surface area contributed by atoms with Crippen molar-refractivity contribution in [3.05, 3.63) is 29.6 Å². The van der Waals surface area contributed by atoms with Gasteiger partial charge < -0.3 is 15.1 Å². The molecule has 0 saturated carbocycles. The van der Waals surface area contributed by atoms with Crippen molar-refractivity contribution < 1.29 is 14.6 Å². The summed E-state index contributed by atoms with van der Waals surface area (Å²) in [4.78, 5) is 1.94. The van der Waals surface area contributed by atoms with Crippen LogP contribution in [-0.2, 0) is 6.61 Å². The van der Waals surface area contributed by atoms with Gasteiger partial charge in [0.2, 0.25) is 0 Å². The Hall–Kier alpha value is -1.13. The molecule has 0 spiro atoms. The second-order valence-corrected chi connectivity index (χ2v) is 3.94. The highest BCUT2D eigenvalue weighted by atomic mass is 19.1. The van der Waals surface area contributed by atoms with Gasteiger partial charge in [0.1, 0.15) is 5.82 Å². The van der Waals surface area contributed by atoms with Crippen LogP contribution in [0.1, 0.15) is 19.4 Å². The minimum Gasteiger partial charge on any atom is -0.395 e. The van der Waals surface area contributed by atoms with E-state index in [9.17, 15) is 9.50 Å². The van der Waals surface area contributed by atoms with Crippen molar-refractivity contribution in [1.29, 1.82) is 0 Å². The highest BCUT2D eigenvalue weighted by Crippen LogP contribution is 2.23. The van der Waals surface area contributed by atoms with Gasteiger partial charge in [0.05, 0.1) is 13.2 Å². The topological polar surface area (TPSA) is 43.7 Å². The second kappa shape index (κ2) is 5.82. The van der Waals surface area contributed by atoms with Crippen LogP contribution < -0.4 is 4.90 Å². The number of aliphatic hydroxyl groups is 2. The molecule has 3 nitrogen and oxygen atoms in total. The number of hydrogen-bond acceptors (Lipinski definition) is 3. The Morgan fingerprint density at radius 1 is 1.31 bits per heavy atom. The van der Waals surface area contributed by atoms with Gasteiger partial charge in [-0.2, -0.15) is 0 Å². The molecule has 1 aromatic rings. The van der Waals surface area contributed by atoms with E-state index in [2.05, 4.69) is 0 Å². The molecule has 16 heavy (non-hydrogen) atoms. The molecule has 0 saturated heterocycles. The van der Waals surface area contributed by atoms with Crippen LogP contribution in [0, 0.1) is 5.82 Å². The van der Waals surface area contributed by atoms with Gasteiger partial charge in [0.15, 0.2) is 0 Å². The van der Waals surface area contributed by atoms with Crippen LogP contribution in [0.5, 0.6) is 0 Å². The van der Waals surface area contributed by atoms with Crippen molar-refractivity contribution in [1.82, 2.24) is 0 Å². The van der Waals surface area contributed by atoms with E-state index in [4.69, 9.17) is 5.11 Å². The van der Waals surface area contributed by atoms with Crippen LogP contribution in [0.25, 0.3) is 0 Å². The molecule has 0 aromatic heterocycles. The van der Waals surface area contributed by atoms with Crippen molar-refractivity contribution in [2.75, 3.05) is 18.1 Å². The lowest BCUT2D eigenvalue weighted by Crippen LogP contribution is -2.34. The third-order valence-corrected chi connectivity index (χ3v) is 2.49. The summed E-state index contributed by atoms with van der Waals surface area (Å²) >= 11 is 0. The monoisotopic (exact) mass is 227 g/mol. The SMILES string of the molecule is CC(C)N(CCO)c1ccc(F)cc1CO. The Balaban J connectivity index is 3.07. The Kier molecular flexibility index (Phi) is 4.71. The largest absolute Gasteiger partial charge is 0.395 e. The Morgan fingerprint density at radius 3 is 2.50 bits per heavy atom. The van der Waals surface area contributed by atoms with Gasteiger partial charge in [-0.3, -0.25) is 0 Å². The van der Waals surface area contributed by atoms with Gasteiger partial charge >= 0.3 is 0 Å². The zero-order valence-electron chi connectivity index (χ0n) is 9.65. The molecule has 0 aliphatic carbocycles. The Bertz CT molecular complexity index is 342. The first-order valence-electron chi connectivity index (χ1n) is 5.37. The number of anilines is 1. The fourth-order valence-corrected chi connectivity index (χ4v) is 1.73. The van der Waals surface area contributed by atoms with E-state index < -0.39 is 0 Å². The molecule has 1 aromatic carbocycles. The van der Waals surface area contributed by atoms with E-state index >= 15 is 0 Å². The van der Waals surface area contributed by atoms with E-state index in [-0.39, 0.29) is 25.1 Å². The second-order valence-electron chi connectivity index (χ2n) is 3.94. The molecule has 1 rings (SSSR count). The standard InChI is InChI=1S/C12H18FNO2/c1-9(2)14(5-6-15)12-4-3-11(13)7-10(12)8-16/h3-4,7,9,15-16H,5-6,8H2,1-2H3. The number of halogens is 1. The lowest BCUT2D eigenvalue weighted by Gasteiger charge is -2.30. The highest BCUT2D eigenvalue weighted by Gasteiger charge is 2.14. The highest BCUT2D eigenvalue weighted by molar-refractivity contribution is 5.54. The Morgan fingerprint density at radius 2 is 2.00 bits per heavy atom. The normalized spacial score (nSPS) is 10.9. The summed E-state index contributed by atoms with van der Waals surface area (Å²) in [6.07, 6.45) is 0. The molecule has 0 fully saturated rings. The van der Waals surface area contributed by atoms with Crippen molar-refractivity contribution in [2.45, 2.75) is 26.5 Å². The molecular weight excluding hydrogens is 209 g/mol. The lowest BCUT2D eigenvalue weighted by molar-refractivity contribution is 0.279. The average Bonchev–Trinajstić information content (AvgIpc) is 2.26. The molecule has 0 aliphatic heterocycles. The van der Waals surface area contributed by atoms with E-state index in [1.54, 1.807) is 6.07 Å². The summed E-state index contributed by atoms with van der Waals surface area (Å²) in [6.45, 7) is 4.26. The quantitative estimate of drug-likeness (QED) is 0.801. The first-order valence-corrected chi connectivity index (χ1v) is 5.37. The molecular formula is C12H18FNO2. The van der Waals surface area contributed by atoms with Crippen molar-refractivity contribution in [2.24, 2.45) is 0 Å². The number of aliphatic hydroxyl groups excluding tert-OH is 2. The van der Waals surface area contributed by atoms with Gasteiger partial charge in [-0.25, -0.2) is 4.39 Å². The molecule has 0 heterocycles. The Labute approximate surface area is 95.1 Å². The van der Waals surface area contributed by atoms with Crippen LogP contribution in [0.4, 0.5) is 10.1 Å². The first-order chi connectivity index (χ1) is 7.60. The summed E-state index contributed by atoms with van der Waals surface area (Å²) in [5.41, 5.74) is 1.31. The summed E-state index contributed by atoms with van der Waals surface area (Å²) in [5.74, 6) is -0.361. The number of nitrogens with zero attached hydrogens (tertiary/aromatic N) is 1. The molecule has 0 atom stereocenters. The first kappa shape index (κ1) is 12.9. The predicted molar refractivity (Wildman–Crippen MR) is 61.9 cm³/mol. The average molecular weight is 227 g/mol. The zero-order valence-corrected chi connectivity index (χ0v) is 9.65. The third kappa shape index (κ3) is 2.93. The molecule has 0 unspecified atom stereocenters. The molecule has 0 amide bonds. The molecule has 0 aliphatic rings. The number of hydrogen-bond donors (Lipinski definition) is 2. The van der Waals surface area contributed by atoms with Gasteiger partial charge in [0.25, 0.3) is 0 Å². The lowest BCUT2D eigenvalue weighted by atomic mass is 10.1. The van der Waals surface area contributed by atoms with Gasteiger partial charge in [0, 0.05) is 23.8 Å². The molecule has 0 bridgehead atoms. The fourth-order valence-electron chi connectivity index (χ4n) is 1.73. The van der Waals surface area contributed by atoms with E-state index in [1.807, 2.05) is 18.7 Å². The summed E-state index contributed by atoms with van der Waals surface area (Å²) < 4.78 is 13.0. The van der Waals surface area contributed by atoms with E-state index in [1.165, 1.54) is 12.1 Å². The maximum absolute atomic E-state index is 13.0. The predicted octanol–water partition coefficient (Wildman–Crippen LogP) is 1.53. The molecule has 2 N–H and O–H groups in total. The van der Waals surface area contributed by atoms with Gasteiger partial charge in [-0.15, -0.1) is 0 Å². The van der Waals surface area contributed by atoms with Crippen LogP contribution in [-0.4, -0.2) is 29.4 Å². The van der Waals surface area contributed by atoms with Crippen molar-refractivity contribution in [3.63, 3.8) is 0 Å². The molecule has 4 heteroatoms. The van der Waals surface area contributed by atoms with Crippen molar-refractivity contribution in [3.8, 4) is 0 Å². The van der Waals surface area contributed by atoms with Crippen molar-refractivity contribution >= 4 is 5.69 Å². The zero-order chi connectivity index (χ0) is 12.1. The van der Waals surface area contributed by atoms with Crippen LogP contribution >= 0.6 is 0 Å². The summed E-state index contributed by atoms with van der Waals surface area (Å²) in [5, 5.41) is 18.2. The van der Waals surface area contributed by atoms with E-state index in [0.717, 1.165) is 5.69 Å². The van der Waals surface area contributed by atoms with E-state index in [0.29, 0.717) is 12.1 Å². The number of rotatable bonds is 5. The summed E-state index contributed by atoms with van der Waals surface area (Å²) in [6, 6.07) is 4.50. The smallest absolute Gasteiger partial charge is 0.123 e. The molecule has 0 radical (unpaired) electrons. The molecule has 90 valence electrons. The maximum Gasteiger partial charge on any atom is 0.123 e. The van der Waals surface area contributed by atoms with Crippen LogP contribution in [0.15, 0.2) is 18.2 Å². The minimum absolute atomic E-state index is 0.0282. The van der Waals surface area contributed by atoms with Gasteiger partial charge in [-0.1, -0.05) is 0 Å². The van der Waals surface area contributed by atoms with Gasteiger partial charge in [-0.05, 0) is 32.0 Å². The van der Waals surface area contributed by atoms with Crippen LogP contribution in [0.3, 0.4) is 0 Å².